The van der Waals surface area contributed by atoms with Crippen LogP contribution in [0.1, 0.15) is 49.7 Å². The number of rotatable bonds is 4. The monoisotopic (exact) mass is 448 g/mol. The molecule has 3 heterocycles. The first-order chi connectivity index (χ1) is 15.9. The highest BCUT2D eigenvalue weighted by molar-refractivity contribution is 5.87. The van der Waals surface area contributed by atoms with Gasteiger partial charge in [0.15, 0.2) is 22.7 Å². The first-order valence-corrected chi connectivity index (χ1v) is 11.1. The second-order valence-corrected chi connectivity index (χ2v) is 9.25. The van der Waals surface area contributed by atoms with E-state index in [1.165, 1.54) is 13.5 Å². The number of fused-ring (bicyclic) bond motifs is 2. The Morgan fingerprint density at radius 3 is 2.85 bits per heavy atom. The van der Waals surface area contributed by atoms with Gasteiger partial charge in [-0.2, -0.15) is 0 Å². The van der Waals surface area contributed by atoms with Crippen LogP contribution >= 0.6 is 0 Å². The molecule has 10 heteroatoms. The van der Waals surface area contributed by atoms with Crippen molar-refractivity contribution in [2.24, 2.45) is 5.41 Å². The van der Waals surface area contributed by atoms with Gasteiger partial charge in [-0.1, -0.05) is 0 Å². The number of carbonyl (C=O) groups is 1. The second kappa shape index (κ2) is 7.04. The van der Waals surface area contributed by atoms with Gasteiger partial charge in [0.1, 0.15) is 5.60 Å². The molecule has 0 aliphatic heterocycles. The van der Waals surface area contributed by atoms with E-state index in [9.17, 15) is 15.0 Å². The van der Waals surface area contributed by atoms with Crippen LogP contribution in [0.3, 0.4) is 0 Å². The van der Waals surface area contributed by atoms with Crippen molar-refractivity contribution in [2.45, 2.75) is 55.9 Å². The van der Waals surface area contributed by atoms with Crippen LogP contribution in [-0.4, -0.2) is 60.4 Å². The summed E-state index contributed by atoms with van der Waals surface area (Å²) >= 11 is 0. The lowest BCUT2D eigenvalue weighted by Crippen LogP contribution is -2.64. The SMILES string of the molecule is CNC(=O)C12C[C@@H](n3cnc4c(NC5CCC5)nc(C#Cc5ccco5)nc43)[C@](O)(C1)[C@@H]2O. The van der Waals surface area contributed by atoms with Gasteiger partial charge < -0.3 is 29.8 Å². The zero-order valence-corrected chi connectivity index (χ0v) is 18.1. The maximum atomic E-state index is 12.5. The van der Waals surface area contributed by atoms with Gasteiger partial charge in [-0.05, 0) is 56.1 Å². The number of furan rings is 1. The van der Waals surface area contributed by atoms with Gasteiger partial charge in [0.25, 0.3) is 0 Å². The Morgan fingerprint density at radius 2 is 2.18 bits per heavy atom. The fraction of sp³-hybridized carbons (Fsp3) is 0.478. The van der Waals surface area contributed by atoms with Gasteiger partial charge in [-0.15, -0.1) is 0 Å². The van der Waals surface area contributed by atoms with E-state index in [0.29, 0.717) is 41.0 Å². The zero-order chi connectivity index (χ0) is 22.8. The van der Waals surface area contributed by atoms with Crippen LogP contribution < -0.4 is 10.6 Å². The molecule has 170 valence electrons. The largest absolute Gasteiger partial charge is 0.456 e. The Kier molecular flexibility index (Phi) is 4.31. The van der Waals surface area contributed by atoms with Crippen LogP contribution in [0, 0.1) is 17.3 Å². The minimum absolute atomic E-state index is 0.189. The minimum Gasteiger partial charge on any atom is -0.456 e. The standard InChI is InChI=1S/C23H24N6O4/c1-24-21(31)22-10-15(23(32,11-22)20(22)30)29-12-25-17-18(26-13-4-2-5-13)27-16(28-19(17)29)8-7-14-6-3-9-33-14/h3,6,9,12-13,15,20,30,32H,2,4-5,10-11H2,1H3,(H,24,31)(H,26,27,28)/t15-,20-,22?,23-/m1/s1. The fourth-order valence-corrected chi connectivity index (χ4v) is 5.45. The summed E-state index contributed by atoms with van der Waals surface area (Å²) < 4.78 is 7.03. The van der Waals surface area contributed by atoms with Crippen molar-refractivity contribution in [3.8, 4) is 11.8 Å². The molecule has 10 nitrogen and oxygen atoms in total. The van der Waals surface area contributed by atoms with E-state index in [4.69, 9.17) is 4.42 Å². The highest BCUT2D eigenvalue weighted by Gasteiger charge is 2.76. The highest BCUT2D eigenvalue weighted by Crippen LogP contribution is 2.66. The van der Waals surface area contributed by atoms with E-state index >= 15 is 0 Å². The summed E-state index contributed by atoms with van der Waals surface area (Å²) in [6, 6.07) is 3.28. The number of hydrogen-bond donors (Lipinski definition) is 4. The lowest BCUT2D eigenvalue weighted by atomic mass is 9.63. The molecular formula is C23H24N6O4. The Labute approximate surface area is 189 Å². The average molecular weight is 448 g/mol. The van der Waals surface area contributed by atoms with Gasteiger partial charge in [0.05, 0.1) is 30.2 Å². The molecule has 1 amide bonds. The summed E-state index contributed by atoms with van der Waals surface area (Å²) in [4.78, 5) is 26.3. The molecule has 4 fully saturated rings. The summed E-state index contributed by atoms with van der Waals surface area (Å²) in [6.45, 7) is 0. The zero-order valence-electron chi connectivity index (χ0n) is 18.1. The van der Waals surface area contributed by atoms with Crippen molar-refractivity contribution in [3.63, 3.8) is 0 Å². The predicted octanol–water partition coefficient (Wildman–Crippen LogP) is 0.956. The summed E-state index contributed by atoms with van der Waals surface area (Å²) in [5, 5.41) is 28.0. The first-order valence-electron chi connectivity index (χ1n) is 11.1. The Bertz CT molecular complexity index is 1300. The lowest BCUT2D eigenvalue weighted by Gasteiger charge is -2.48. The summed E-state index contributed by atoms with van der Waals surface area (Å²) in [5.41, 5.74) is -1.36. The van der Waals surface area contributed by atoms with E-state index in [2.05, 4.69) is 37.4 Å². The van der Waals surface area contributed by atoms with Gasteiger partial charge in [0, 0.05) is 13.1 Å². The number of nitrogens with one attached hydrogen (secondary N) is 2. The van der Waals surface area contributed by atoms with Gasteiger partial charge in [0.2, 0.25) is 11.7 Å². The maximum Gasteiger partial charge on any atom is 0.228 e. The Morgan fingerprint density at radius 1 is 1.33 bits per heavy atom. The Hall–Kier alpha value is -3.42. The molecule has 0 saturated heterocycles. The van der Waals surface area contributed by atoms with Crippen molar-refractivity contribution in [1.29, 1.82) is 0 Å². The van der Waals surface area contributed by atoms with E-state index < -0.39 is 23.2 Å². The number of imidazole rings is 1. The third-order valence-corrected chi connectivity index (χ3v) is 7.43. The number of carbonyl (C=O) groups excluding carboxylic acids is 1. The molecule has 1 unspecified atom stereocenters. The number of hydrogen-bond acceptors (Lipinski definition) is 8. The van der Waals surface area contributed by atoms with E-state index in [0.717, 1.165) is 12.8 Å². The third-order valence-electron chi connectivity index (χ3n) is 7.43. The molecule has 4 aliphatic rings. The minimum atomic E-state index is -1.42. The van der Waals surface area contributed by atoms with Gasteiger partial charge >= 0.3 is 0 Å². The fourth-order valence-electron chi connectivity index (χ4n) is 5.45. The predicted molar refractivity (Wildman–Crippen MR) is 117 cm³/mol. The molecule has 3 aromatic rings. The summed E-state index contributed by atoms with van der Waals surface area (Å²) in [7, 11) is 1.54. The number of amides is 1. The van der Waals surface area contributed by atoms with Crippen molar-refractivity contribution >= 4 is 22.9 Å². The molecule has 7 rings (SSSR count). The maximum absolute atomic E-state index is 12.5. The molecule has 3 aromatic heterocycles. The number of aliphatic hydroxyl groups is 2. The van der Waals surface area contributed by atoms with E-state index in [-0.39, 0.29) is 12.3 Å². The van der Waals surface area contributed by atoms with Crippen LogP contribution in [0.15, 0.2) is 29.1 Å². The first kappa shape index (κ1) is 20.2. The van der Waals surface area contributed by atoms with Gasteiger partial charge in [-0.3, -0.25) is 4.79 Å². The molecule has 2 bridgehead atoms. The molecular weight excluding hydrogens is 424 g/mol. The Balaban J connectivity index is 1.44. The molecule has 0 spiro atoms. The number of aliphatic hydroxyl groups excluding tert-OH is 1. The van der Waals surface area contributed by atoms with E-state index in [1.807, 2.05) is 0 Å². The third kappa shape index (κ3) is 2.82. The topological polar surface area (TPSA) is 138 Å². The van der Waals surface area contributed by atoms with Gasteiger partial charge in [-0.25, -0.2) is 15.0 Å². The number of nitrogens with zero attached hydrogens (tertiary/aromatic N) is 4. The molecule has 0 aromatic carbocycles. The van der Waals surface area contributed by atoms with Crippen LogP contribution in [0.4, 0.5) is 5.82 Å². The van der Waals surface area contributed by atoms with Crippen molar-refractivity contribution in [1.82, 2.24) is 24.8 Å². The van der Waals surface area contributed by atoms with Crippen LogP contribution in [-0.2, 0) is 4.79 Å². The second-order valence-electron chi connectivity index (χ2n) is 9.25. The normalized spacial score (nSPS) is 30.3. The van der Waals surface area contributed by atoms with Crippen molar-refractivity contribution in [3.05, 3.63) is 36.3 Å². The van der Waals surface area contributed by atoms with Crippen LogP contribution in [0.5, 0.6) is 0 Å². The van der Waals surface area contributed by atoms with Crippen LogP contribution in [0.2, 0.25) is 0 Å². The number of aromatic nitrogens is 4. The molecule has 33 heavy (non-hydrogen) atoms. The molecule has 4 atom stereocenters. The quantitative estimate of drug-likeness (QED) is 0.433. The smallest absolute Gasteiger partial charge is 0.228 e. The molecule has 4 saturated carbocycles. The summed E-state index contributed by atoms with van der Waals surface area (Å²) in [5.74, 6) is 6.98. The molecule has 0 radical (unpaired) electrons. The molecule has 4 aliphatic carbocycles. The molecule has 4 N–H and O–H groups in total. The average Bonchev–Trinajstić information content (AvgIpc) is 3.55. The van der Waals surface area contributed by atoms with Crippen molar-refractivity contribution in [2.75, 3.05) is 12.4 Å². The van der Waals surface area contributed by atoms with E-state index in [1.54, 1.807) is 29.3 Å². The number of anilines is 1. The lowest BCUT2D eigenvalue weighted by molar-refractivity contribution is -0.199. The summed E-state index contributed by atoms with van der Waals surface area (Å²) in [6.07, 6.45) is 5.76. The van der Waals surface area contributed by atoms with Crippen LogP contribution in [0.25, 0.3) is 11.2 Å². The van der Waals surface area contributed by atoms with Crippen molar-refractivity contribution < 1.29 is 19.4 Å². The highest BCUT2D eigenvalue weighted by atomic mass is 16.4.